The van der Waals surface area contributed by atoms with Gasteiger partial charge in [-0.15, -0.1) is 0 Å². The zero-order valence-electron chi connectivity index (χ0n) is 26.7. The zero-order chi connectivity index (χ0) is 33.6. The first-order chi connectivity index (χ1) is 21.7. The lowest BCUT2D eigenvalue weighted by molar-refractivity contribution is 0.414. The van der Waals surface area contributed by atoms with Crippen molar-refractivity contribution >= 4 is 43.0 Å². The molecule has 0 bridgehead atoms. The van der Waals surface area contributed by atoms with E-state index in [1.165, 1.54) is 25.7 Å². The number of aryl methyl sites for hydroxylation is 1. The van der Waals surface area contributed by atoms with E-state index in [0.29, 0.717) is 12.5 Å². The predicted octanol–water partition coefficient (Wildman–Crippen LogP) is 4.53. The largest absolute Gasteiger partial charge is 0.497 e. The quantitative estimate of drug-likeness (QED) is 0.275. The number of benzene rings is 2. The van der Waals surface area contributed by atoms with Crippen LogP contribution in [0.2, 0.25) is 0 Å². The molecule has 4 heterocycles. The van der Waals surface area contributed by atoms with Crippen LogP contribution in [0.5, 0.6) is 11.5 Å². The average Bonchev–Trinajstić information content (AvgIpc) is 3.77. The molecule has 2 aromatic heterocycles. The van der Waals surface area contributed by atoms with Crippen molar-refractivity contribution in [3.8, 4) is 33.9 Å². The van der Waals surface area contributed by atoms with Crippen LogP contribution >= 0.6 is 0 Å². The summed E-state index contributed by atoms with van der Waals surface area (Å²) >= 11 is 0. The molecule has 0 unspecified atom stereocenters. The minimum atomic E-state index is -3.67. The lowest BCUT2D eigenvalue weighted by Gasteiger charge is -2.22. The standard InChI is InChI=1S/C29H33N5O2.2CH4O3S/c1-32-26(21-10-14-23(36-3)15-11-21)24(20-8-12-22(35-2)13-9-20)25-27(32)30-29(34-18-6-7-19-34)31-28(25)33-16-4-5-17-33;2*1-5(2,3)4/h8-15H,4-7,16-19H2,1-3H3;2*1H3,(H,2,3,4). The summed E-state index contributed by atoms with van der Waals surface area (Å²) in [6.07, 6.45) is 6.21. The SMILES string of the molecule is COc1ccc(-c2c(-c3ccc(OC)cc3)n(C)c3nc(N4CCCC4)nc(N4CCCC4)c23)cc1.CS(=O)(=O)O.CS(=O)(=O)O. The summed E-state index contributed by atoms with van der Waals surface area (Å²) in [6, 6.07) is 16.6. The first-order valence-electron chi connectivity index (χ1n) is 14.7. The molecule has 2 aliphatic heterocycles. The van der Waals surface area contributed by atoms with E-state index in [-0.39, 0.29) is 0 Å². The Labute approximate surface area is 270 Å². The Morgan fingerprint density at radius 1 is 0.674 bits per heavy atom. The number of hydrogen-bond acceptors (Lipinski definition) is 10. The second-order valence-corrected chi connectivity index (χ2v) is 14.1. The van der Waals surface area contributed by atoms with Crippen molar-refractivity contribution in [1.82, 2.24) is 14.5 Å². The third kappa shape index (κ3) is 9.09. The molecule has 0 saturated carbocycles. The number of ether oxygens (including phenoxy) is 2. The van der Waals surface area contributed by atoms with E-state index in [1.807, 2.05) is 24.3 Å². The fourth-order valence-corrected chi connectivity index (χ4v) is 5.63. The fraction of sp³-hybridized carbons (Fsp3) is 0.419. The van der Waals surface area contributed by atoms with Crippen LogP contribution in [0, 0.1) is 0 Å². The topological polar surface area (TPSA) is 164 Å². The van der Waals surface area contributed by atoms with E-state index in [2.05, 4.69) is 45.7 Å². The molecular formula is C31H41N5O8S2. The number of fused-ring (bicyclic) bond motifs is 1. The third-order valence-corrected chi connectivity index (χ3v) is 7.54. The Bertz CT molecular complexity index is 1800. The Kier molecular flexibility index (Phi) is 11.1. The van der Waals surface area contributed by atoms with Crippen molar-refractivity contribution in [3.63, 3.8) is 0 Å². The zero-order valence-corrected chi connectivity index (χ0v) is 28.3. The van der Waals surface area contributed by atoms with Gasteiger partial charge in [0.25, 0.3) is 20.2 Å². The van der Waals surface area contributed by atoms with Crippen molar-refractivity contribution in [1.29, 1.82) is 0 Å². The van der Waals surface area contributed by atoms with E-state index >= 15 is 0 Å². The Morgan fingerprint density at radius 3 is 1.52 bits per heavy atom. The van der Waals surface area contributed by atoms with Crippen LogP contribution < -0.4 is 19.3 Å². The van der Waals surface area contributed by atoms with Crippen LogP contribution in [0.25, 0.3) is 33.4 Å². The Balaban J connectivity index is 0.000000421. The number of nitrogens with zero attached hydrogens (tertiary/aromatic N) is 5. The minimum Gasteiger partial charge on any atom is -0.497 e. The maximum atomic E-state index is 9.19. The van der Waals surface area contributed by atoms with E-state index in [4.69, 9.17) is 28.5 Å². The van der Waals surface area contributed by atoms with Gasteiger partial charge >= 0.3 is 0 Å². The highest BCUT2D eigenvalue weighted by Crippen LogP contribution is 2.45. The summed E-state index contributed by atoms with van der Waals surface area (Å²) in [6.45, 7) is 4.10. The molecule has 0 spiro atoms. The first kappa shape index (κ1) is 34.9. The van der Waals surface area contributed by atoms with Gasteiger partial charge in [-0.25, -0.2) is 0 Å². The van der Waals surface area contributed by atoms with Crippen molar-refractivity contribution < 1.29 is 35.4 Å². The van der Waals surface area contributed by atoms with Gasteiger partial charge in [0.05, 0.1) is 37.8 Å². The molecule has 250 valence electrons. The molecule has 4 aromatic rings. The normalized spacial score (nSPS) is 14.8. The Hall–Kier alpha value is -3.92. The lowest BCUT2D eigenvalue weighted by Crippen LogP contribution is -2.24. The molecule has 2 aliphatic rings. The summed E-state index contributed by atoms with van der Waals surface area (Å²) < 4.78 is 64.9. The monoisotopic (exact) mass is 675 g/mol. The van der Waals surface area contributed by atoms with Gasteiger partial charge < -0.3 is 23.8 Å². The third-order valence-electron chi connectivity index (χ3n) is 7.54. The van der Waals surface area contributed by atoms with Crippen LogP contribution in [0.1, 0.15) is 25.7 Å². The van der Waals surface area contributed by atoms with Gasteiger partial charge in [0.1, 0.15) is 23.0 Å². The van der Waals surface area contributed by atoms with E-state index in [0.717, 1.165) is 82.9 Å². The van der Waals surface area contributed by atoms with E-state index < -0.39 is 20.2 Å². The van der Waals surface area contributed by atoms with Crippen LogP contribution in [0.4, 0.5) is 11.8 Å². The summed E-state index contributed by atoms with van der Waals surface area (Å²) in [7, 11) is -1.80. The van der Waals surface area contributed by atoms with Gasteiger partial charge in [-0.3, -0.25) is 9.11 Å². The summed E-state index contributed by atoms with van der Waals surface area (Å²) in [5, 5.41) is 1.12. The number of rotatable bonds is 6. The van der Waals surface area contributed by atoms with Crippen LogP contribution in [0.15, 0.2) is 48.5 Å². The van der Waals surface area contributed by atoms with Crippen molar-refractivity contribution in [3.05, 3.63) is 48.5 Å². The number of anilines is 2. The molecule has 2 saturated heterocycles. The van der Waals surface area contributed by atoms with Crippen LogP contribution in [-0.2, 0) is 27.3 Å². The smallest absolute Gasteiger partial charge is 0.261 e. The van der Waals surface area contributed by atoms with Gasteiger partial charge in [-0.2, -0.15) is 26.8 Å². The van der Waals surface area contributed by atoms with Crippen molar-refractivity contribution in [2.45, 2.75) is 25.7 Å². The van der Waals surface area contributed by atoms with E-state index in [9.17, 15) is 16.8 Å². The van der Waals surface area contributed by atoms with Crippen LogP contribution in [-0.4, -0.2) is 93.4 Å². The molecular weight excluding hydrogens is 635 g/mol. The molecule has 6 rings (SSSR count). The van der Waals surface area contributed by atoms with Crippen molar-refractivity contribution in [2.75, 3.05) is 62.7 Å². The highest BCUT2D eigenvalue weighted by molar-refractivity contribution is 7.85. The molecule has 0 atom stereocenters. The molecule has 2 fully saturated rings. The van der Waals surface area contributed by atoms with Gasteiger partial charge in [-0.05, 0) is 73.2 Å². The second-order valence-electron chi connectivity index (χ2n) is 11.1. The van der Waals surface area contributed by atoms with Crippen molar-refractivity contribution in [2.24, 2.45) is 7.05 Å². The highest BCUT2D eigenvalue weighted by Gasteiger charge is 2.29. The molecule has 15 heteroatoms. The van der Waals surface area contributed by atoms with Gasteiger partial charge in [0.15, 0.2) is 0 Å². The van der Waals surface area contributed by atoms with Crippen LogP contribution in [0.3, 0.4) is 0 Å². The van der Waals surface area contributed by atoms with Gasteiger partial charge in [-0.1, -0.05) is 12.1 Å². The maximum absolute atomic E-state index is 9.19. The Morgan fingerprint density at radius 2 is 1.09 bits per heavy atom. The van der Waals surface area contributed by atoms with E-state index in [1.54, 1.807) is 14.2 Å². The molecule has 0 radical (unpaired) electrons. The molecule has 2 N–H and O–H groups in total. The molecule has 0 amide bonds. The molecule has 2 aromatic carbocycles. The lowest BCUT2D eigenvalue weighted by atomic mass is 9.98. The second kappa shape index (κ2) is 14.7. The average molecular weight is 676 g/mol. The number of aromatic nitrogens is 3. The highest BCUT2D eigenvalue weighted by atomic mass is 32.2. The molecule has 46 heavy (non-hydrogen) atoms. The summed E-state index contributed by atoms with van der Waals surface area (Å²) in [5.41, 5.74) is 5.52. The molecule has 13 nitrogen and oxygen atoms in total. The van der Waals surface area contributed by atoms with Gasteiger partial charge in [0, 0.05) is 38.8 Å². The van der Waals surface area contributed by atoms with Gasteiger partial charge in [0.2, 0.25) is 5.95 Å². The summed E-state index contributed by atoms with van der Waals surface area (Å²) in [4.78, 5) is 15.2. The molecule has 0 aliphatic carbocycles. The number of hydrogen-bond donors (Lipinski definition) is 2. The predicted molar refractivity (Wildman–Crippen MR) is 180 cm³/mol. The summed E-state index contributed by atoms with van der Waals surface area (Å²) in [5.74, 6) is 3.60. The maximum Gasteiger partial charge on any atom is 0.261 e. The minimum absolute atomic E-state index is 0.715. The number of methoxy groups -OCH3 is 2. The first-order valence-corrected chi connectivity index (χ1v) is 18.4. The fourth-order valence-electron chi connectivity index (χ4n) is 5.63.